The Balaban J connectivity index is 2.13. The molecule has 3 nitrogen and oxygen atoms in total. The molecular formula is C15H26O3. The van der Waals surface area contributed by atoms with Crippen LogP contribution in [0.5, 0.6) is 0 Å². The summed E-state index contributed by atoms with van der Waals surface area (Å²) in [5.74, 6) is -0.152. The van der Waals surface area contributed by atoms with Crippen molar-refractivity contribution in [3.05, 3.63) is 0 Å². The Bertz CT molecular complexity index is 307. The molecule has 0 aromatic carbocycles. The van der Waals surface area contributed by atoms with Crippen LogP contribution < -0.4 is 0 Å². The van der Waals surface area contributed by atoms with Crippen molar-refractivity contribution >= 4 is 5.97 Å². The van der Waals surface area contributed by atoms with Crippen LogP contribution in [0.15, 0.2) is 0 Å². The van der Waals surface area contributed by atoms with Gasteiger partial charge in [0.05, 0.1) is 11.0 Å². The van der Waals surface area contributed by atoms with Gasteiger partial charge in [0.25, 0.3) is 0 Å². The van der Waals surface area contributed by atoms with Crippen molar-refractivity contribution in [3.8, 4) is 0 Å². The van der Waals surface area contributed by atoms with Gasteiger partial charge in [0.1, 0.15) is 0 Å². The van der Waals surface area contributed by atoms with E-state index in [1.807, 2.05) is 0 Å². The maximum absolute atomic E-state index is 11.8. The number of rotatable bonds is 4. The smallest absolute Gasteiger partial charge is 0.309 e. The molecule has 18 heavy (non-hydrogen) atoms. The molecule has 0 aromatic rings. The Hall–Kier alpha value is -0.570. The quantitative estimate of drug-likeness (QED) is 0.809. The lowest BCUT2D eigenvalue weighted by Gasteiger charge is -2.41. The van der Waals surface area contributed by atoms with Gasteiger partial charge in [-0.25, -0.2) is 0 Å². The SMILES string of the molecule is CCC1CCCC(CC2(O)CCCC2)(C(=O)O)C1. The van der Waals surface area contributed by atoms with Crippen molar-refractivity contribution in [2.75, 3.05) is 0 Å². The third kappa shape index (κ3) is 2.71. The first-order chi connectivity index (χ1) is 8.50. The molecule has 0 bridgehead atoms. The standard InChI is InChI=1S/C15H26O3/c1-2-12-6-5-7-14(10-12,13(16)17)11-15(18)8-3-4-9-15/h12,18H,2-11H2,1H3,(H,16,17). The van der Waals surface area contributed by atoms with Gasteiger partial charge in [-0.2, -0.15) is 0 Å². The summed E-state index contributed by atoms with van der Waals surface area (Å²) in [6.07, 6.45) is 8.89. The minimum Gasteiger partial charge on any atom is -0.481 e. The first-order valence-corrected chi connectivity index (χ1v) is 7.45. The van der Waals surface area contributed by atoms with E-state index in [4.69, 9.17) is 0 Å². The number of hydrogen-bond acceptors (Lipinski definition) is 2. The Morgan fingerprint density at radius 2 is 1.89 bits per heavy atom. The average Bonchev–Trinajstić information content (AvgIpc) is 2.75. The summed E-state index contributed by atoms with van der Waals surface area (Å²) >= 11 is 0. The molecule has 2 saturated carbocycles. The highest BCUT2D eigenvalue weighted by Gasteiger charge is 2.48. The fourth-order valence-corrected chi connectivity index (χ4v) is 4.10. The van der Waals surface area contributed by atoms with E-state index in [-0.39, 0.29) is 0 Å². The van der Waals surface area contributed by atoms with Crippen LogP contribution in [0.1, 0.15) is 71.1 Å². The van der Waals surface area contributed by atoms with E-state index in [0.29, 0.717) is 12.3 Å². The van der Waals surface area contributed by atoms with Crippen molar-refractivity contribution in [1.29, 1.82) is 0 Å². The van der Waals surface area contributed by atoms with Crippen molar-refractivity contribution < 1.29 is 15.0 Å². The molecule has 0 amide bonds. The molecule has 0 saturated heterocycles. The molecule has 2 aliphatic carbocycles. The van der Waals surface area contributed by atoms with Gasteiger partial charge in [-0.05, 0) is 38.0 Å². The lowest BCUT2D eigenvalue weighted by atomic mass is 9.64. The maximum Gasteiger partial charge on any atom is 0.309 e. The number of aliphatic hydroxyl groups is 1. The zero-order chi connectivity index (χ0) is 13.2. The molecule has 2 unspecified atom stereocenters. The first kappa shape index (κ1) is 13.9. The Labute approximate surface area is 110 Å². The molecular weight excluding hydrogens is 228 g/mol. The van der Waals surface area contributed by atoms with Gasteiger partial charge >= 0.3 is 5.97 Å². The highest BCUT2D eigenvalue weighted by Crippen LogP contribution is 2.49. The molecule has 2 N–H and O–H groups in total. The summed E-state index contributed by atoms with van der Waals surface area (Å²) in [6.45, 7) is 2.15. The molecule has 0 aromatic heterocycles. The van der Waals surface area contributed by atoms with Crippen LogP contribution in [0, 0.1) is 11.3 Å². The van der Waals surface area contributed by atoms with Gasteiger partial charge < -0.3 is 10.2 Å². The van der Waals surface area contributed by atoms with Crippen LogP contribution in [0.25, 0.3) is 0 Å². The van der Waals surface area contributed by atoms with Gasteiger partial charge in [0.2, 0.25) is 0 Å². The summed E-state index contributed by atoms with van der Waals surface area (Å²) in [6, 6.07) is 0. The van der Waals surface area contributed by atoms with Crippen LogP contribution in [-0.2, 0) is 4.79 Å². The van der Waals surface area contributed by atoms with E-state index in [2.05, 4.69) is 6.92 Å². The number of aliphatic carboxylic acids is 1. The maximum atomic E-state index is 11.8. The van der Waals surface area contributed by atoms with Crippen LogP contribution >= 0.6 is 0 Å². The molecule has 2 aliphatic rings. The number of hydrogen-bond donors (Lipinski definition) is 2. The summed E-state index contributed by atoms with van der Waals surface area (Å²) in [7, 11) is 0. The van der Waals surface area contributed by atoms with Gasteiger partial charge in [-0.1, -0.05) is 39.0 Å². The Kier molecular flexibility index (Phi) is 4.00. The van der Waals surface area contributed by atoms with Crippen molar-refractivity contribution in [2.45, 2.75) is 76.7 Å². The molecule has 2 atom stereocenters. The van der Waals surface area contributed by atoms with E-state index in [9.17, 15) is 15.0 Å². The highest BCUT2D eigenvalue weighted by molar-refractivity contribution is 5.75. The topological polar surface area (TPSA) is 57.5 Å². The van der Waals surface area contributed by atoms with Crippen LogP contribution in [0.3, 0.4) is 0 Å². The predicted octanol–water partition coefficient (Wildman–Crippen LogP) is 3.35. The summed E-state index contributed by atoms with van der Waals surface area (Å²) in [5, 5.41) is 20.2. The highest BCUT2D eigenvalue weighted by atomic mass is 16.4. The fourth-order valence-electron chi connectivity index (χ4n) is 4.10. The number of carbonyl (C=O) groups is 1. The van der Waals surface area contributed by atoms with Crippen molar-refractivity contribution in [3.63, 3.8) is 0 Å². The van der Waals surface area contributed by atoms with E-state index in [1.54, 1.807) is 0 Å². The fraction of sp³-hybridized carbons (Fsp3) is 0.933. The second-order valence-corrected chi connectivity index (χ2v) is 6.56. The van der Waals surface area contributed by atoms with Crippen molar-refractivity contribution in [2.24, 2.45) is 11.3 Å². The van der Waals surface area contributed by atoms with Gasteiger partial charge in [-0.3, -0.25) is 4.79 Å². The van der Waals surface area contributed by atoms with Crippen LogP contribution in [0.2, 0.25) is 0 Å². The summed E-state index contributed by atoms with van der Waals surface area (Å²) in [4.78, 5) is 11.8. The monoisotopic (exact) mass is 254 g/mol. The number of carboxylic acid groups (broad SMARTS) is 1. The lowest BCUT2D eigenvalue weighted by molar-refractivity contribution is -0.157. The molecule has 0 heterocycles. The first-order valence-electron chi connectivity index (χ1n) is 7.45. The van der Waals surface area contributed by atoms with Gasteiger partial charge in [-0.15, -0.1) is 0 Å². The summed E-state index contributed by atoms with van der Waals surface area (Å²) < 4.78 is 0. The molecule has 2 rings (SSSR count). The lowest BCUT2D eigenvalue weighted by Crippen LogP contribution is -2.43. The average molecular weight is 254 g/mol. The Morgan fingerprint density at radius 3 is 2.44 bits per heavy atom. The summed E-state index contributed by atoms with van der Waals surface area (Å²) in [5.41, 5.74) is -1.36. The predicted molar refractivity (Wildman–Crippen MR) is 70.4 cm³/mol. The third-order valence-corrected chi connectivity index (χ3v) is 5.18. The zero-order valence-corrected chi connectivity index (χ0v) is 11.5. The molecule has 2 fully saturated rings. The van der Waals surface area contributed by atoms with Crippen molar-refractivity contribution in [1.82, 2.24) is 0 Å². The third-order valence-electron chi connectivity index (χ3n) is 5.18. The minimum atomic E-state index is -0.700. The molecule has 0 spiro atoms. The Morgan fingerprint density at radius 1 is 1.22 bits per heavy atom. The molecule has 0 aliphatic heterocycles. The largest absolute Gasteiger partial charge is 0.481 e. The number of carboxylic acids is 1. The van der Waals surface area contributed by atoms with Gasteiger partial charge in [0, 0.05) is 0 Å². The second kappa shape index (κ2) is 5.20. The normalized spacial score (nSPS) is 35.6. The second-order valence-electron chi connectivity index (χ2n) is 6.56. The van der Waals surface area contributed by atoms with E-state index in [0.717, 1.165) is 57.8 Å². The van der Waals surface area contributed by atoms with E-state index < -0.39 is 17.0 Å². The minimum absolute atomic E-state index is 0.478. The molecule has 3 heteroatoms. The molecule has 0 radical (unpaired) electrons. The van der Waals surface area contributed by atoms with E-state index >= 15 is 0 Å². The van der Waals surface area contributed by atoms with E-state index in [1.165, 1.54) is 0 Å². The molecule has 104 valence electrons. The van der Waals surface area contributed by atoms with Gasteiger partial charge in [0.15, 0.2) is 0 Å². The zero-order valence-electron chi connectivity index (χ0n) is 11.5. The van der Waals surface area contributed by atoms with Crippen LogP contribution in [0.4, 0.5) is 0 Å². The van der Waals surface area contributed by atoms with Crippen LogP contribution in [-0.4, -0.2) is 21.8 Å².